The van der Waals surface area contributed by atoms with Crippen LogP contribution in [0.4, 0.5) is 5.69 Å². The second-order valence-electron chi connectivity index (χ2n) is 8.08. The van der Waals surface area contributed by atoms with Crippen LogP contribution in [-0.4, -0.2) is 42.4 Å². The van der Waals surface area contributed by atoms with E-state index in [9.17, 15) is 9.59 Å². The second kappa shape index (κ2) is 8.61. The Morgan fingerprint density at radius 3 is 2.48 bits per heavy atom. The Balaban J connectivity index is 0.00000210. The summed E-state index contributed by atoms with van der Waals surface area (Å²) in [6, 6.07) is 8.38. The van der Waals surface area contributed by atoms with Gasteiger partial charge in [-0.1, -0.05) is 24.6 Å². The van der Waals surface area contributed by atoms with Gasteiger partial charge in [0.1, 0.15) is 0 Å². The number of fused-ring (bicyclic) bond motifs is 1. The molecule has 0 spiro atoms. The molecule has 0 bridgehead atoms. The van der Waals surface area contributed by atoms with E-state index in [2.05, 4.69) is 6.07 Å². The van der Waals surface area contributed by atoms with E-state index >= 15 is 0 Å². The van der Waals surface area contributed by atoms with Gasteiger partial charge in [0.25, 0.3) is 0 Å². The van der Waals surface area contributed by atoms with Crippen LogP contribution >= 0.6 is 12.4 Å². The number of benzene rings is 1. The third-order valence-corrected chi connectivity index (χ3v) is 6.50. The van der Waals surface area contributed by atoms with Crippen LogP contribution in [0.5, 0.6) is 0 Å². The molecule has 1 aliphatic carbocycles. The van der Waals surface area contributed by atoms with Crippen LogP contribution in [0, 0.1) is 11.8 Å². The molecule has 0 radical (unpaired) electrons. The third-order valence-electron chi connectivity index (χ3n) is 6.50. The molecule has 2 atom stereocenters. The van der Waals surface area contributed by atoms with E-state index in [-0.39, 0.29) is 36.2 Å². The first kappa shape index (κ1) is 20.2. The number of amides is 2. The maximum atomic E-state index is 13.0. The minimum absolute atomic E-state index is 0. The topological polar surface area (TPSA) is 66.6 Å². The summed E-state index contributed by atoms with van der Waals surface area (Å²) in [5.41, 5.74) is 8.45. The zero-order valence-corrected chi connectivity index (χ0v) is 16.6. The predicted molar refractivity (Wildman–Crippen MR) is 109 cm³/mol. The number of nitrogens with two attached hydrogens (primary N) is 1. The number of piperidine rings is 1. The van der Waals surface area contributed by atoms with Crippen LogP contribution < -0.4 is 10.6 Å². The van der Waals surface area contributed by atoms with E-state index in [1.807, 2.05) is 28.0 Å². The van der Waals surface area contributed by atoms with Crippen molar-refractivity contribution < 1.29 is 9.59 Å². The van der Waals surface area contributed by atoms with Crippen molar-refractivity contribution >= 4 is 29.9 Å². The van der Waals surface area contributed by atoms with Crippen LogP contribution in [0.15, 0.2) is 24.3 Å². The van der Waals surface area contributed by atoms with Gasteiger partial charge < -0.3 is 15.5 Å². The fraction of sp³-hybridized carbons (Fsp3) is 0.619. The number of para-hydroxylation sites is 1. The number of hydrogen-bond donors (Lipinski definition) is 1. The number of hydrogen-bond acceptors (Lipinski definition) is 3. The van der Waals surface area contributed by atoms with Crippen molar-refractivity contribution in [2.75, 3.05) is 24.5 Å². The zero-order valence-electron chi connectivity index (χ0n) is 15.8. The highest BCUT2D eigenvalue weighted by Crippen LogP contribution is 2.32. The lowest BCUT2D eigenvalue weighted by Gasteiger charge is -2.34. The maximum Gasteiger partial charge on any atom is 0.230 e. The number of anilines is 1. The lowest BCUT2D eigenvalue weighted by Crippen LogP contribution is -2.45. The first-order chi connectivity index (χ1) is 12.6. The molecule has 0 unspecified atom stereocenters. The Morgan fingerprint density at radius 1 is 1.04 bits per heavy atom. The summed E-state index contributed by atoms with van der Waals surface area (Å²) in [5, 5.41) is 0. The molecule has 1 aromatic rings. The van der Waals surface area contributed by atoms with Gasteiger partial charge in [0, 0.05) is 43.7 Å². The minimum atomic E-state index is 0. The normalized spacial score (nSPS) is 25.2. The molecular formula is C21H30ClN3O2. The number of carbonyl (C=O) groups is 2. The molecule has 3 aliphatic rings. The molecule has 1 saturated heterocycles. The van der Waals surface area contributed by atoms with E-state index < -0.39 is 0 Å². The Morgan fingerprint density at radius 2 is 1.78 bits per heavy atom. The fourth-order valence-electron chi connectivity index (χ4n) is 4.84. The molecule has 2 amide bonds. The van der Waals surface area contributed by atoms with E-state index in [0.29, 0.717) is 25.4 Å². The first-order valence-corrected chi connectivity index (χ1v) is 10.1. The van der Waals surface area contributed by atoms with Gasteiger partial charge in [-0.25, -0.2) is 0 Å². The average molecular weight is 392 g/mol. The molecule has 1 aromatic carbocycles. The van der Waals surface area contributed by atoms with Gasteiger partial charge in [0.15, 0.2) is 0 Å². The van der Waals surface area contributed by atoms with Gasteiger partial charge in [-0.2, -0.15) is 0 Å². The molecule has 5 nitrogen and oxygen atoms in total. The van der Waals surface area contributed by atoms with Crippen molar-refractivity contribution in [1.82, 2.24) is 4.90 Å². The monoisotopic (exact) mass is 391 g/mol. The highest BCUT2D eigenvalue weighted by Gasteiger charge is 2.34. The predicted octanol–water partition coefficient (Wildman–Crippen LogP) is 2.75. The Kier molecular flexibility index (Phi) is 6.43. The summed E-state index contributed by atoms with van der Waals surface area (Å²) in [4.78, 5) is 29.4. The summed E-state index contributed by atoms with van der Waals surface area (Å²) in [5.74, 6) is 0.853. The van der Waals surface area contributed by atoms with Crippen molar-refractivity contribution in [2.45, 2.75) is 51.0 Å². The number of nitrogens with zero attached hydrogens (tertiary/aromatic N) is 2. The largest absolute Gasteiger partial charge is 0.343 e. The number of carbonyl (C=O) groups excluding carboxylic acids is 2. The van der Waals surface area contributed by atoms with Crippen molar-refractivity contribution in [3.05, 3.63) is 29.8 Å². The summed E-state index contributed by atoms with van der Waals surface area (Å²) < 4.78 is 0. The molecule has 6 heteroatoms. The molecule has 1 saturated carbocycles. The van der Waals surface area contributed by atoms with Crippen LogP contribution in [0.3, 0.4) is 0 Å². The van der Waals surface area contributed by atoms with Crippen molar-refractivity contribution in [3.8, 4) is 0 Å². The van der Waals surface area contributed by atoms with E-state index in [0.717, 1.165) is 50.8 Å². The number of halogens is 1. The summed E-state index contributed by atoms with van der Waals surface area (Å²) in [6.07, 6.45) is 6.36. The Bertz CT molecular complexity index is 688. The van der Waals surface area contributed by atoms with E-state index in [1.165, 1.54) is 5.56 Å². The van der Waals surface area contributed by atoms with Crippen LogP contribution in [0.25, 0.3) is 0 Å². The third kappa shape index (κ3) is 4.14. The summed E-state index contributed by atoms with van der Waals surface area (Å²) >= 11 is 0. The van der Waals surface area contributed by atoms with Crippen LogP contribution in [0.1, 0.15) is 44.1 Å². The van der Waals surface area contributed by atoms with Crippen LogP contribution in [0.2, 0.25) is 0 Å². The zero-order chi connectivity index (χ0) is 18.1. The minimum Gasteiger partial charge on any atom is -0.343 e. The summed E-state index contributed by atoms with van der Waals surface area (Å²) in [7, 11) is 0. The molecule has 2 heterocycles. The maximum absolute atomic E-state index is 13.0. The van der Waals surface area contributed by atoms with Gasteiger partial charge in [0.05, 0.1) is 0 Å². The highest BCUT2D eigenvalue weighted by molar-refractivity contribution is 5.97. The molecule has 0 aromatic heterocycles. The molecule has 2 fully saturated rings. The van der Waals surface area contributed by atoms with Gasteiger partial charge in [-0.05, 0) is 49.7 Å². The van der Waals surface area contributed by atoms with E-state index in [1.54, 1.807) is 0 Å². The van der Waals surface area contributed by atoms with Gasteiger partial charge in [-0.15, -0.1) is 12.4 Å². The van der Waals surface area contributed by atoms with Crippen molar-refractivity contribution in [3.63, 3.8) is 0 Å². The molecule has 148 valence electrons. The molecular weight excluding hydrogens is 362 g/mol. The van der Waals surface area contributed by atoms with Gasteiger partial charge in [-0.3, -0.25) is 9.59 Å². The quantitative estimate of drug-likeness (QED) is 0.861. The molecule has 2 aliphatic heterocycles. The lowest BCUT2D eigenvalue weighted by molar-refractivity contribution is -0.135. The molecule has 4 rings (SSSR count). The highest BCUT2D eigenvalue weighted by atomic mass is 35.5. The standard InChI is InChI=1S/C21H29N3O2.ClH/c22-18-6-3-5-17(18)14-20(25)23-11-8-16(9-12-23)21(26)24-13-10-15-4-1-2-7-19(15)24;/h1-2,4,7,16-18H,3,5-6,8-14,22H2;1H/t17-,18+;/m0./s1. The molecule has 2 N–H and O–H groups in total. The summed E-state index contributed by atoms with van der Waals surface area (Å²) in [6.45, 7) is 2.19. The van der Waals surface area contributed by atoms with E-state index in [4.69, 9.17) is 5.73 Å². The first-order valence-electron chi connectivity index (χ1n) is 10.1. The second-order valence-corrected chi connectivity index (χ2v) is 8.08. The van der Waals surface area contributed by atoms with Gasteiger partial charge in [0.2, 0.25) is 11.8 Å². The number of likely N-dealkylation sites (tertiary alicyclic amines) is 1. The Labute approximate surface area is 167 Å². The SMILES string of the molecule is Cl.N[C@@H]1CCC[C@H]1CC(=O)N1CCC(C(=O)N2CCc3ccccc32)CC1. The smallest absolute Gasteiger partial charge is 0.230 e. The fourth-order valence-corrected chi connectivity index (χ4v) is 4.84. The lowest BCUT2D eigenvalue weighted by atomic mass is 9.93. The number of rotatable bonds is 3. The average Bonchev–Trinajstić information content (AvgIpc) is 3.28. The van der Waals surface area contributed by atoms with Crippen molar-refractivity contribution in [1.29, 1.82) is 0 Å². The van der Waals surface area contributed by atoms with Crippen LogP contribution in [-0.2, 0) is 16.0 Å². The Hall–Kier alpha value is -1.59. The van der Waals surface area contributed by atoms with Crippen molar-refractivity contribution in [2.24, 2.45) is 17.6 Å². The van der Waals surface area contributed by atoms with Gasteiger partial charge >= 0.3 is 0 Å². The molecule has 27 heavy (non-hydrogen) atoms.